The van der Waals surface area contributed by atoms with Crippen molar-refractivity contribution in [2.75, 3.05) is 0 Å². The largest absolute Gasteiger partial charge is 0.247 e. The molecule has 3 aromatic carbocycles. The van der Waals surface area contributed by atoms with Crippen LogP contribution in [-0.4, -0.2) is 8.65 Å². The summed E-state index contributed by atoms with van der Waals surface area (Å²) in [6.07, 6.45) is 5.93. The number of fused-ring (bicyclic) bond motifs is 1. The van der Waals surface area contributed by atoms with Crippen LogP contribution in [0.5, 0.6) is 0 Å². The molecule has 4 aromatic rings. The van der Waals surface area contributed by atoms with Gasteiger partial charge in [0.25, 0.3) is 0 Å². The minimum atomic E-state index is -0.407. The summed E-state index contributed by atoms with van der Waals surface area (Å²) in [5.74, 6) is 6.68. The van der Waals surface area contributed by atoms with Gasteiger partial charge in [0, 0.05) is 31.4 Å². The Labute approximate surface area is 198 Å². The summed E-state index contributed by atoms with van der Waals surface area (Å²) in [4.78, 5) is 5.14. The fraction of sp³-hybridized carbons (Fsp3) is 0. The molecule has 0 aliphatic carbocycles. The van der Waals surface area contributed by atoms with Crippen LogP contribution in [-0.2, 0) is 0 Å². The lowest BCUT2D eigenvalue weighted by molar-refractivity contribution is 1.29. The first-order chi connectivity index (χ1) is 15.9. The average molecular weight is 519 g/mol. The van der Waals surface area contributed by atoms with Gasteiger partial charge in [-0.25, -0.2) is 4.98 Å². The van der Waals surface area contributed by atoms with Crippen LogP contribution < -0.4 is 0 Å². The zero-order valence-corrected chi connectivity index (χ0v) is 19.4. The van der Waals surface area contributed by atoms with Crippen molar-refractivity contribution in [3.05, 3.63) is 129 Å². The minimum absolute atomic E-state index is 0.407. The first-order valence-corrected chi connectivity index (χ1v) is 12.4. The van der Waals surface area contributed by atoms with E-state index in [1.807, 2.05) is 60.7 Å². The zero-order valence-electron chi connectivity index (χ0n) is 17.2. The number of hydrogen-bond acceptors (Lipinski definition) is 1. The van der Waals surface area contributed by atoms with E-state index in [9.17, 15) is 0 Å². The maximum Gasteiger partial charge on any atom is 0.0811 e. The minimum Gasteiger partial charge on any atom is -0.247 e. The van der Waals surface area contributed by atoms with Gasteiger partial charge in [-0.2, -0.15) is 0 Å². The fourth-order valence-corrected chi connectivity index (χ4v) is 5.31. The Hall–Kier alpha value is -3.73. The summed E-state index contributed by atoms with van der Waals surface area (Å²) in [7, 11) is 0. The van der Waals surface area contributed by atoms with Crippen molar-refractivity contribution >= 4 is 30.5 Å². The highest BCUT2D eigenvalue weighted by Crippen LogP contribution is 2.34. The molecule has 0 N–H and O–H groups in total. The van der Waals surface area contributed by atoms with Crippen molar-refractivity contribution in [2.24, 2.45) is 0 Å². The molecule has 1 nitrogen and oxygen atoms in total. The molecule has 2 heterocycles. The standard InChI is InChI=1S/C30H18IN/c1-4-12-23(13-5-1)19-20-24-14-9-10-17-26(24)30-27-18-8-3-11-21-31-28(27)22-29(32-30)25-15-6-2-7-16-25/h1-7,9-18,22H. The van der Waals surface area contributed by atoms with E-state index in [1.165, 1.54) is 3.57 Å². The molecule has 0 unspecified atom stereocenters. The molecule has 1 aliphatic rings. The van der Waals surface area contributed by atoms with E-state index in [-0.39, 0.29) is 0 Å². The first kappa shape index (κ1) is 20.2. The van der Waals surface area contributed by atoms with Gasteiger partial charge in [0.1, 0.15) is 0 Å². The lowest BCUT2D eigenvalue weighted by Gasteiger charge is -2.13. The van der Waals surface area contributed by atoms with Crippen LogP contribution in [0.25, 0.3) is 28.6 Å². The van der Waals surface area contributed by atoms with E-state index in [0.29, 0.717) is 0 Å². The molecule has 0 saturated heterocycles. The van der Waals surface area contributed by atoms with Crippen molar-refractivity contribution in [3.63, 3.8) is 0 Å². The summed E-state index contributed by atoms with van der Waals surface area (Å²) >= 11 is -0.407. The van der Waals surface area contributed by atoms with Gasteiger partial charge in [0.05, 0.1) is 11.4 Å². The lowest BCUT2D eigenvalue weighted by Crippen LogP contribution is -1.98. The number of halogens is 1. The number of aromatic nitrogens is 1. The van der Waals surface area contributed by atoms with E-state index in [0.717, 1.165) is 39.2 Å². The molecule has 0 radical (unpaired) electrons. The average Bonchev–Trinajstić information content (AvgIpc) is 2.84. The van der Waals surface area contributed by atoms with Crippen molar-refractivity contribution < 1.29 is 0 Å². The number of hydrogen-bond donors (Lipinski definition) is 0. The third-order valence-corrected chi connectivity index (χ3v) is 7.15. The Kier molecular flexibility index (Phi) is 6.06. The normalized spacial score (nSPS) is 11.5. The summed E-state index contributed by atoms with van der Waals surface area (Å²) < 4.78 is 4.74. The van der Waals surface area contributed by atoms with E-state index in [1.54, 1.807) is 0 Å². The van der Waals surface area contributed by atoms with Gasteiger partial charge >= 0.3 is 0 Å². The van der Waals surface area contributed by atoms with E-state index >= 15 is 0 Å². The van der Waals surface area contributed by atoms with Crippen LogP contribution in [0.4, 0.5) is 0 Å². The Morgan fingerprint density at radius 1 is 0.750 bits per heavy atom. The van der Waals surface area contributed by atoms with Gasteiger partial charge in [-0.05, 0) is 63.2 Å². The summed E-state index contributed by atoms with van der Waals surface area (Å²) in [5, 5.41) is 0. The van der Waals surface area contributed by atoms with Crippen molar-refractivity contribution in [2.45, 2.75) is 0 Å². The van der Waals surface area contributed by atoms with Crippen molar-refractivity contribution in [1.82, 2.24) is 4.98 Å². The summed E-state index contributed by atoms with van der Waals surface area (Å²) in [6.45, 7) is 0. The van der Waals surface area contributed by atoms with Crippen LogP contribution in [0.2, 0.25) is 0 Å². The second-order valence-electron chi connectivity index (χ2n) is 7.13. The van der Waals surface area contributed by atoms with Gasteiger partial charge < -0.3 is 0 Å². The van der Waals surface area contributed by atoms with Gasteiger partial charge in [-0.1, -0.05) is 82.2 Å². The van der Waals surface area contributed by atoms with E-state index < -0.39 is 20.7 Å². The quantitative estimate of drug-likeness (QED) is 0.157. The van der Waals surface area contributed by atoms with Crippen molar-refractivity contribution in [3.8, 4) is 34.4 Å². The van der Waals surface area contributed by atoms with Gasteiger partial charge in [-0.15, -0.1) is 5.73 Å². The second-order valence-corrected chi connectivity index (χ2v) is 9.45. The monoisotopic (exact) mass is 519 g/mol. The molecule has 5 rings (SSSR count). The van der Waals surface area contributed by atoms with Gasteiger partial charge in [0.15, 0.2) is 0 Å². The zero-order chi connectivity index (χ0) is 21.6. The predicted octanol–water partition coefficient (Wildman–Crippen LogP) is 7.09. The summed E-state index contributed by atoms with van der Waals surface area (Å²) in [6, 6.07) is 30.9. The smallest absolute Gasteiger partial charge is 0.0811 e. The molecule has 0 amide bonds. The second kappa shape index (κ2) is 9.60. The maximum absolute atomic E-state index is 5.14. The number of nitrogens with zero attached hydrogens (tertiary/aromatic N) is 1. The third-order valence-electron chi connectivity index (χ3n) is 5.00. The Morgan fingerprint density at radius 3 is 2.34 bits per heavy atom. The van der Waals surface area contributed by atoms with E-state index in [4.69, 9.17) is 4.98 Å². The fourth-order valence-electron chi connectivity index (χ4n) is 3.46. The first-order valence-electron chi connectivity index (χ1n) is 10.3. The number of pyridine rings is 1. The Balaban J connectivity index is 1.74. The Morgan fingerprint density at radius 2 is 1.50 bits per heavy atom. The highest BCUT2D eigenvalue weighted by Gasteiger charge is 2.15. The topological polar surface area (TPSA) is 12.9 Å². The molecule has 0 saturated carbocycles. The maximum atomic E-state index is 5.14. The predicted molar refractivity (Wildman–Crippen MR) is 142 cm³/mol. The van der Waals surface area contributed by atoms with Crippen LogP contribution in [0.1, 0.15) is 16.7 Å². The van der Waals surface area contributed by atoms with Gasteiger partial charge in [-0.3, -0.25) is 0 Å². The molecule has 0 bridgehead atoms. The number of rotatable bonds is 2. The third kappa shape index (κ3) is 4.47. The van der Waals surface area contributed by atoms with Crippen molar-refractivity contribution in [1.29, 1.82) is 0 Å². The molecule has 0 atom stereocenters. The lowest BCUT2D eigenvalue weighted by atomic mass is 9.98. The molecule has 1 aromatic heterocycles. The molecule has 0 spiro atoms. The molecule has 1 aliphatic heterocycles. The molecule has 2 heteroatoms. The van der Waals surface area contributed by atoms with Gasteiger partial charge in [0.2, 0.25) is 0 Å². The molecule has 32 heavy (non-hydrogen) atoms. The highest BCUT2D eigenvalue weighted by atomic mass is 127. The molecule has 0 fully saturated rings. The molecular weight excluding hydrogens is 501 g/mol. The molecular formula is C30H18IN. The SMILES string of the molecule is C1=CC=C=Ic2cc(-c3ccccc3)nc(-c3ccccc3C#Cc3ccccc3)c2C=1. The Bertz CT molecular complexity index is 1470. The van der Waals surface area contributed by atoms with Crippen LogP contribution in [0.3, 0.4) is 0 Å². The number of allylic oxidation sites excluding steroid dienone is 2. The summed E-state index contributed by atoms with van der Waals surface area (Å²) in [5.41, 5.74) is 10.4. The van der Waals surface area contributed by atoms with E-state index in [2.05, 4.69) is 69.8 Å². The van der Waals surface area contributed by atoms with Crippen LogP contribution in [0.15, 0.2) is 109 Å². The van der Waals surface area contributed by atoms with Crippen LogP contribution >= 0.6 is 20.7 Å². The highest BCUT2D eigenvalue weighted by molar-refractivity contribution is 14.2. The molecule has 150 valence electrons. The van der Waals surface area contributed by atoms with Crippen LogP contribution in [0, 0.1) is 15.4 Å². The number of benzene rings is 3.